The largest absolute Gasteiger partial charge is 0.452 e. The predicted octanol–water partition coefficient (Wildman–Crippen LogP) is 2.50. The Labute approximate surface area is 153 Å². The number of esters is 1. The summed E-state index contributed by atoms with van der Waals surface area (Å²) in [6.07, 6.45) is 1.41. The normalized spacial score (nSPS) is 11.5. The van der Waals surface area contributed by atoms with Crippen LogP contribution >= 0.6 is 11.3 Å². The Hall–Kier alpha value is -3.19. The fraction of sp³-hybridized carbons (Fsp3) is 0.105. The molecule has 3 aromatic rings. The van der Waals surface area contributed by atoms with Crippen molar-refractivity contribution in [2.75, 3.05) is 6.61 Å². The molecule has 6 nitrogen and oxygen atoms in total. The minimum Gasteiger partial charge on any atom is -0.452 e. The maximum Gasteiger partial charge on any atom is 0.344 e. The van der Waals surface area contributed by atoms with Crippen LogP contribution < -0.4 is 10.9 Å². The molecule has 26 heavy (non-hydrogen) atoms. The number of benzene rings is 1. The monoisotopic (exact) mass is 368 g/mol. The lowest BCUT2D eigenvalue weighted by molar-refractivity contribution is -0.124. The standard InChI is InChI=1S/C19H16N2O4S/c22-16(12-25-19(24)14-8-4-10-20-18(14)23)21-17(15-9-5-11-26-15)13-6-2-1-3-7-13/h1-11,17H,12H2,(H,20,23)(H,21,22)/t17-/m0/s1. The fourth-order valence-electron chi connectivity index (χ4n) is 2.41. The third kappa shape index (κ3) is 4.25. The Morgan fingerprint density at radius 1 is 1.08 bits per heavy atom. The lowest BCUT2D eigenvalue weighted by atomic mass is 10.1. The molecule has 0 spiro atoms. The number of rotatable bonds is 6. The number of ether oxygens (including phenoxy) is 1. The van der Waals surface area contributed by atoms with Crippen molar-refractivity contribution in [2.24, 2.45) is 0 Å². The molecule has 0 aliphatic heterocycles. The molecule has 2 N–H and O–H groups in total. The zero-order valence-corrected chi connectivity index (χ0v) is 14.5. The lowest BCUT2D eigenvalue weighted by Crippen LogP contribution is -2.33. The van der Waals surface area contributed by atoms with Gasteiger partial charge in [0.15, 0.2) is 6.61 Å². The zero-order chi connectivity index (χ0) is 18.4. The van der Waals surface area contributed by atoms with E-state index in [1.807, 2.05) is 47.8 Å². The van der Waals surface area contributed by atoms with Gasteiger partial charge in [0.2, 0.25) is 0 Å². The minimum absolute atomic E-state index is 0.141. The van der Waals surface area contributed by atoms with Crippen LogP contribution in [0.25, 0.3) is 0 Å². The van der Waals surface area contributed by atoms with Crippen molar-refractivity contribution in [1.82, 2.24) is 10.3 Å². The van der Waals surface area contributed by atoms with Crippen molar-refractivity contribution in [3.05, 3.63) is 92.5 Å². The van der Waals surface area contributed by atoms with E-state index in [0.717, 1.165) is 10.4 Å². The van der Waals surface area contributed by atoms with Gasteiger partial charge in [-0.15, -0.1) is 11.3 Å². The summed E-state index contributed by atoms with van der Waals surface area (Å²) in [5, 5.41) is 4.80. The number of pyridine rings is 1. The average molecular weight is 368 g/mol. The molecule has 0 saturated carbocycles. The lowest BCUT2D eigenvalue weighted by Gasteiger charge is -2.18. The maximum absolute atomic E-state index is 12.3. The van der Waals surface area contributed by atoms with Crippen molar-refractivity contribution < 1.29 is 14.3 Å². The van der Waals surface area contributed by atoms with Gasteiger partial charge in [0.1, 0.15) is 5.56 Å². The van der Waals surface area contributed by atoms with E-state index in [2.05, 4.69) is 10.3 Å². The highest BCUT2D eigenvalue weighted by atomic mass is 32.1. The molecule has 2 aromatic heterocycles. The Bertz CT molecular complexity index is 935. The van der Waals surface area contributed by atoms with E-state index in [4.69, 9.17) is 4.74 Å². The predicted molar refractivity (Wildman–Crippen MR) is 98.1 cm³/mol. The Kier molecular flexibility index (Phi) is 5.60. The zero-order valence-electron chi connectivity index (χ0n) is 13.7. The van der Waals surface area contributed by atoms with E-state index < -0.39 is 24.0 Å². The highest BCUT2D eigenvalue weighted by Crippen LogP contribution is 2.25. The molecule has 0 radical (unpaired) electrons. The molecule has 132 valence electrons. The number of thiophene rings is 1. The van der Waals surface area contributed by atoms with E-state index >= 15 is 0 Å². The fourth-order valence-corrected chi connectivity index (χ4v) is 3.22. The molecule has 0 bridgehead atoms. The number of carbonyl (C=O) groups excluding carboxylic acids is 2. The molecule has 0 fully saturated rings. The number of aromatic nitrogens is 1. The van der Waals surface area contributed by atoms with E-state index in [1.165, 1.54) is 29.7 Å². The first kappa shape index (κ1) is 17.6. The van der Waals surface area contributed by atoms with Crippen molar-refractivity contribution in [3.63, 3.8) is 0 Å². The number of amides is 1. The van der Waals surface area contributed by atoms with Crippen LogP contribution in [0.15, 0.2) is 71.0 Å². The molecule has 1 amide bonds. The van der Waals surface area contributed by atoms with E-state index in [-0.39, 0.29) is 11.6 Å². The molecule has 1 atom stereocenters. The van der Waals surface area contributed by atoms with Gasteiger partial charge >= 0.3 is 5.97 Å². The van der Waals surface area contributed by atoms with Gasteiger partial charge in [-0.3, -0.25) is 9.59 Å². The smallest absolute Gasteiger partial charge is 0.344 e. The number of hydrogen-bond acceptors (Lipinski definition) is 5. The van der Waals surface area contributed by atoms with E-state index in [1.54, 1.807) is 0 Å². The van der Waals surface area contributed by atoms with Gasteiger partial charge in [-0.25, -0.2) is 4.79 Å². The Balaban J connectivity index is 1.66. The molecule has 0 aliphatic rings. The highest BCUT2D eigenvalue weighted by molar-refractivity contribution is 7.10. The molecule has 0 unspecified atom stereocenters. The second-order valence-corrected chi connectivity index (χ2v) is 6.39. The third-order valence-electron chi connectivity index (χ3n) is 3.64. The summed E-state index contributed by atoms with van der Waals surface area (Å²) >= 11 is 1.52. The summed E-state index contributed by atoms with van der Waals surface area (Å²) in [5.74, 6) is -1.29. The molecule has 0 saturated heterocycles. The van der Waals surface area contributed by atoms with Gasteiger partial charge in [0, 0.05) is 11.1 Å². The number of carbonyl (C=O) groups is 2. The van der Waals surface area contributed by atoms with Crippen LogP contribution in [0.2, 0.25) is 0 Å². The quantitative estimate of drug-likeness (QED) is 0.655. The van der Waals surface area contributed by atoms with E-state index in [0.29, 0.717) is 0 Å². The molecule has 1 aromatic carbocycles. The van der Waals surface area contributed by atoms with Crippen molar-refractivity contribution in [3.8, 4) is 0 Å². The number of aromatic amines is 1. The molecule has 2 heterocycles. The van der Waals surface area contributed by atoms with Gasteiger partial charge in [0.25, 0.3) is 11.5 Å². The van der Waals surface area contributed by atoms with Gasteiger partial charge in [0.05, 0.1) is 6.04 Å². The highest BCUT2D eigenvalue weighted by Gasteiger charge is 2.19. The minimum atomic E-state index is -0.839. The van der Waals surface area contributed by atoms with Crippen LogP contribution in [0.4, 0.5) is 0 Å². The Morgan fingerprint density at radius 2 is 1.88 bits per heavy atom. The summed E-state index contributed by atoms with van der Waals surface area (Å²) in [6.45, 7) is -0.470. The first-order valence-corrected chi connectivity index (χ1v) is 8.75. The molecule has 3 rings (SSSR count). The molecular formula is C19H16N2O4S. The second-order valence-electron chi connectivity index (χ2n) is 5.42. The first-order chi connectivity index (χ1) is 12.6. The second kappa shape index (κ2) is 8.26. The van der Waals surface area contributed by atoms with Gasteiger partial charge in [-0.1, -0.05) is 36.4 Å². The summed E-state index contributed by atoms with van der Waals surface area (Å²) in [4.78, 5) is 39.1. The molecular weight excluding hydrogens is 352 g/mol. The van der Waals surface area contributed by atoms with E-state index in [9.17, 15) is 14.4 Å². The SMILES string of the molecule is O=C(COC(=O)c1ccc[nH]c1=O)N[C@@H](c1ccccc1)c1cccs1. The van der Waals surface area contributed by atoms with Crippen LogP contribution in [-0.4, -0.2) is 23.5 Å². The van der Waals surface area contributed by atoms with Crippen molar-refractivity contribution in [2.45, 2.75) is 6.04 Å². The van der Waals surface area contributed by atoms with Crippen LogP contribution in [0.1, 0.15) is 26.8 Å². The van der Waals surface area contributed by atoms with Crippen LogP contribution in [0, 0.1) is 0 Å². The Morgan fingerprint density at radius 3 is 2.58 bits per heavy atom. The van der Waals surface area contributed by atoms with Gasteiger partial charge in [-0.2, -0.15) is 0 Å². The third-order valence-corrected chi connectivity index (χ3v) is 4.58. The van der Waals surface area contributed by atoms with Gasteiger partial charge in [-0.05, 0) is 29.1 Å². The van der Waals surface area contributed by atoms with Crippen LogP contribution in [0.3, 0.4) is 0 Å². The van der Waals surface area contributed by atoms with Crippen molar-refractivity contribution in [1.29, 1.82) is 0 Å². The maximum atomic E-state index is 12.3. The first-order valence-electron chi connectivity index (χ1n) is 7.87. The van der Waals surface area contributed by atoms with Crippen LogP contribution in [-0.2, 0) is 9.53 Å². The number of H-pyrrole nitrogens is 1. The molecule has 0 aliphatic carbocycles. The topological polar surface area (TPSA) is 88.3 Å². The molecule has 7 heteroatoms. The summed E-state index contributed by atoms with van der Waals surface area (Å²) in [6, 6.07) is 15.9. The number of nitrogens with one attached hydrogen (secondary N) is 2. The summed E-state index contributed by atoms with van der Waals surface area (Å²) < 4.78 is 4.96. The van der Waals surface area contributed by atoms with Crippen LogP contribution in [0.5, 0.6) is 0 Å². The van der Waals surface area contributed by atoms with Crippen molar-refractivity contribution >= 4 is 23.2 Å². The average Bonchev–Trinajstić information content (AvgIpc) is 3.19. The summed E-state index contributed by atoms with van der Waals surface area (Å²) in [5.41, 5.74) is 0.228. The number of hydrogen-bond donors (Lipinski definition) is 2. The van der Waals surface area contributed by atoms with Gasteiger partial charge < -0.3 is 15.0 Å². The summed E-state index contributed by atoms with van der Waals surface area (Å²) in [7, 11) is 0.